The van der Waals surface area contributed by atoms with E-state index >= 15 is 0 Å². The average molecular weight is 286 g/mol. The van der Waals surface area contributed by atoms with Crippen LogP contribution in [-0.4, -0.2) is 12.7 Å². The highest BCUT2D eigenvalue weighted by Crippen LogP contribution is 2.30. The second-order valence-electron chi connectivity index (χ2n) is 3.67. The second-order valence-corrected chi connectivity index (χ2v) is 4.46. The minimum atomic E-state index is -0.413. The van der Waals surface area contributed by atoms with E-state index in [4.69, 9.17) is 4.74 Å². The van der Waals surface area contributed by atoms with Crippen molar-refractivity contribution in [1.82, 2.24) is 0 Å². The molecule has 0 atom stereocenters. The third kappa shape index (κ3) is 2.76. The minimum absolute atomic E-state index is 0.372. The molecule has 0 spiro atoms. The standard InChI is InChI=1S/C12H16BrNO2/c1-5-16-12(15)14-11-8(3)6-7(2)10(13)9(11)4/h6H,5H2,1-4H3,(H,14,15). The summed E-state index contributed by atoms with van der Waals surface area (Å²) in [7, 11) is 0. The smallest absolute Gasteiger partial charge is 0.411 e. The molecule has 4 heteroatoms. The molecule has 1 N–H and O–H groups in total. The van der Waals surface area contributed by atoms with E-state index < -0.39 is 6.09 Å². The highest BCUT2D eigenvalue weighted by Gasteiger charge is 2.11. The van der Waals surface area contributed by atoms with Gasteiger partial charge in [0.1, 0.15) is 0 Å². The largest absolute Gasteiger partial charge is 0.450 e. The second kappa shape index (κ2) is 5.34. The van der Waals surface area contributed by atoms with E-state index in [-0.39, 0.29) is 0 Å². The summed E-state index contributed by atoms with van der Waals surface area (Å²) in [6.45, 7) is 8.11. The van der Waals surface area contributed by atoms with E-state index in [0.29, 0.717) is 6.61 Å². The van der Waals surface area contributed by atoms with Crippen LogP contribution in [0.25, 0.3) is 0 Å². The monoisotopic (exact) mass is 285 g/mol. The average Bonchev–Trinajstić information content (AvgIpc) is 2.22. The van der Waals surface area contributed by atoms with E-state index in [9.17, 15) is 4.79 Å². The Hall–Kier alpha value is -1.03. The maximum absolute atomic E-state index is 11.4. The van der Waals surface area contributed by atoms with Gasteiger partial charge in [-0.05, 0) is 44.4 Å². The number of amides is 1. The topological polar surface area (TPSA) is 38.3 Å². The van der Waals surface area contributed by atoms with Crippen LogP contribution in [0.5, 0.6) is 0 Å². The highest BCUT2D eigenvalue weighted by atomic mass is 79.9. The molecule has 0 saturated carbocycles. The number of anilines is 1. The van der Waals surface area contributed by atoms with Gasteiger partial charge in [0.25, 0.3) is 0 Å². The summed E-state index contributed by atoms with van der Waals surface area (Å²) in [6, 6.07) is 2.03. The molecule has 88 valence electrons. The van der Waals surface area contributed by atoms with Gasteiger partial charge in [-0.2, -0.15) is 0 Å². The van der Waals surface area contributed by atoms with Gasteiger partial charge >= 0.3 is 6.09 Å². The lowest BCUT2D eigenvalue weighted by Gasteiger charge is -2.14. The summed E-state index contributed by atoms with van der Waals surface area (Å²) in [5.41, 5.74) is 4.03. The van der Waals surface area contributed by atoms with E-state index in [1.165, 1.54) is 0 Å². The van der Waals surface area contributed by atoms with Gasteiger partial charge in [0, 0.05) is 4.47 Å². The van der Waals surface area contributed by atoms with Gasteiger partial charge in [0.15, 0.2) is 0 Å². The minimum Gasteiger partial charge on any atom is -0.450 e. The molecule has 1 aromatic rings. The lowest BCUT2D eigenvalue weighted by Crippen LogP contribution is -2.15. The third-order valence-corrected chi connectivity index (χ3v) is 3.60. The van der Waals surface area contributed by atoms with Crippen LogP contribution in [-0.2, 0) is 4.74 Å². The Bertz CT molecular complexity index is 416. The van der Waals surface area contributed by atoms with Gasteiger partial charge in [-0.3, -0.25) is 5.32 Å². The van der Waals surface area contributed by atoms with Crippen LogP contribution < -0.4 is 5.32 Å². The van der Waals surface area contributed by atoms with Gasteiger partial charge < -0.3 is 4.74 Å². The lowest BCUT2D eigenvalue weighted by atomic mass is 10.1. The number of carbonyl (C=O) groups is 1. The molecule has 1 aromatic carbocycles. The van der Waals surface area contributed by atoms with Crippen molar-refractivity contribution in [2.24, 2.45) is 0 Å². The van der Waals surface area contributed by atoms with Crippen molar-refractivity contribution in [3.8, 4) is 0 Å². The SMILES string of the molecule is CCOC(=O)Nc1c(C)cc(C)c(Br)c1C. The van der Waals surface area contributed by atoms with Crippen molar-refractivity contribution in [3.05, 3.63) is 27.2 Å². The molecule has 0 radical (unpaired) electrons. The van der Waals surface area contributed by atoms with Crippen LogP contribution in [0.3, 0.4) is 0 Å². The zero-order valence-electron chi connectivity index (χ0n) is 9.98. The Labute approximate surface area is 104 Å². The predicted octanol–water partition coefficient (Wildman–Crippen LogP) is 3.94. The molecule has 0 aliphatic heterocycles. The number of hydrogen-bond acceptors (Lipinski definition) is 2. The molecule has 0 saturated heterocycles. The quantitative estimate of drug-likeness (QED) is 0.894. The summed E-state index contributed by atoms with van der Waals surface area (Å²) in [5.74, 6) is 0. The summed E-state index contributed by atoms with van der Waals surface area (Å²) in [5, 5.41) is 2.76. The van der Waals surface area contributed by atoms with Crippen LogP contribution >= 0.6 is 15.9 Å². The highest BCUT2D eigenvalue weighted by molar-refractivity contribution is 9.10. The van der Waals surface area contributed by atoms with E-state index in [0.717, 1.165) is 26.9 Å². The number of ether oxygens (including phenoxy) is 1. The normalized spacial score (nSPS) is 10.1. The molecule has 0 heterocycles. The fraction of sp³-hybridized carbons (Fsp3) is 0.417. The maximum atomic E-state index is 11.4. The number of carbonyl (C=O) groups excluding carboxylic acids is 1. The van der Waals surface area contributed by atoms with Gasteiger partial charge in [-0.1, -0.05) is 22.0 Å². The first-order valence-electron chi connectivity index (χ1n) is 5.17. The molecule has 1 rings (SSSR count). The van der Waals surface area contributed by atoms with Crippen molar-refractivity contribution < 1.29 is 9.53 Å². The van der Waals surface area contributed by atoms with Crippen LogP contribution in [0.2, 0.25) is 0 Å². The van der Waals surface area contributed by atoms with Crippen molar-refractivity contribution in [1.29, 1.82) is 0 Å². The van der Waals surface area contributed by atoms with Crippen molar-refractivity contribution in [3.63, 3.8) is 0 Å². The Morgan fingerprint density at radius 3 is 2.56 bits per heavy atom. The summed E-state index contributed by atoms with van der Waals surface area (Å²) in [6.07, 6.45) is -0.413. The molecular formula is C12H16BrNO2. The number of hydrogen-bond donors (Lipinski definition) is 1. The zero-order valence-corrected chi connectivity index (χ0v) is 11.6. The van der Waals surface area contributed by atoms with Gasteiger partial charge in [-0.15, -0.1) is 0 Å². The van der Waals surface area contributed by atoms with E-state index in [1.54, 1.807) is 6.92 Å². The molecule has 0 aliphatic rings. The zero-order chi connectivity index (χ0) is 12.3. The Balaban J connectivity index is 3.05. The van der Waals surface area contributed by atoms with Gasteiger partial charge in [0.05, 0.1) is 12.3 Å². The molecule has 0 aliphatic carbocycles. The lowest BCUT2D eigenvalue weighted by molar-refractivity contribution is 0.168. The fourth-order valence-electron chi connectivity index (χ4n) is 1.62. The first-order valence-corrected chi connectivity index (χ1v) is 5.96. The van der Waals surface area contributed by atoms with E-state index in [1.807, 2.05) is 26.8 Å². The molecule has 16 heavy (non-hydrogen) atoms. The van der Waals surface area contributed by atoms with Crippen molar-refractivity contribution in [2.45, 2.75) is 27.7 Å². The summed E-state index contributed by atoms with van der Waals surface area (Å²) in [4.78, 5) is 11.4. The molecule has 0 aromatic heterocycles. The fourth-order valence-corrected chi connectivity index (χ4v) is 1.94. The van der Waals surface area contributed by atoms with Gasteiger partial charge in [-0.25, -0.2) is 4.79 Å². The van der Waals surface area contributed by atoms with Crippen LogP contribution in [0.15, 0.2) is 10.5 Å². The number of halogens is 1. The Morgan fingerprint density at radius 2 is 2.00 bits per heavy atom. The molecule has 3 nitrogen and oxygen atoms in total. The first kappa shape index (κ1) is 13.0. The number of nitrogens with one attached hydrogen (secondary N) is 1. The number of aryl methyl sites for hydroxylation is 2. The Kier molecular flexibility index (Phi) is 4.35. The predicted molar refractivity (Wildman–Crippen MR) is 69.0 cm³/mol. The molecule has 0 fully saturated rings. The van der Waals surface area contributed by atoms with Crippen molar-refractivity contribution in [2.75, 3.05) is 11.9 Å². The number of rotatable bonds is 2. The Morgan fingerprint density at radius 1 is 1.38 bits per heavy atom. The molecular weight excluding hydrogens is 270 g/mol. The summed E-state index contributed by atoms with van der Waals surface area (Å²) >= 11 is 3.50. The van der Waals surface area contributed by atoms with Crippen LogP contribution in [0.1, 0.15) is 23.6 Å². The van der Waals surface area contributed by atoms with Crippen molar-refractivity contribution >= 4 is 27.7 Å². The molecule has 0 bridgehead atoms. The summed E-state index contributed by atoms with van der Waals surface area (Å²) < 4.78 is 5.88. The van der Waals surface area contributed by atoms with E-state index in [2.05, 4.69) is 21.2 Å². The third-order valence-electron chi connectivity index (χ3n) is 2.38. The van der Waals surface area contributed by atoms with Crippen LogP contribution in [0, 0.1) is 20.8 Å². The maximum Gasteiger partial charge on any atom is 0.411 e. The first-order chi connectivity index (χ1) is 7.47. The molecule has 0 unspecified atom stereocenters. The number of benzene rings is 1. The van der Waals surface area contributed by atoms with Gasteiger partial charge in [0.2, 0.25) is 0 Å². The van der Waals surface area contributed by atoms with Crippen LogP contribution in [0.4, 0.5) is 10.5 Å². The molecule has 1 amide bonds.